The Balaban J connectivity index is 1.91. The van der Waals surface area contributed by atoms with Gasteiger partial charge < -0.3 is 10.2 Å². The summed E-state index contributed by atoms with van der Waals surface area (Å²) in [7, 11) is -3.39. The molecular formula is C17H24N4O5S. The molecule has 1 aromatic rings. The number of carbonyl (C=O) groups is 2. The molecule has 0 unspecified atom stereocenters. The van der Waals surface area contributed by atoms with Gasteiger partial charge in [-0.15, -0.1) is 0 Å². The first-order valence-corrected chi connectivity index (χ1v) is 10.4. The number of amides is 2. The third-order valence-electron chi connectivity index (χ3n) is 4.16. The van der Waals surface area contributed by atoms with Crippen LogP contribution in [-0.2, 0) is 19.6 Å². The first kappa shape index (κ1) is 20.9. The van der Waals surface area contributed by atoms with Crippen LogP contribution in [0, 0.1) is 0 Å². The van der Waals surface area contributed by atoms with E-state index in [2.05, 4.69) is 14.9 Å². The molecule has 0 aromatic heterocycles. The molecule has 0 bridgehead atoms. The number of hydrogen-bond donors (Lipinski definition) is 4. The highest BCUT2D eigenvalue weighted by atomic mass is 32.2. The van der Waals surface area contributed by atoms with Crippen molar-refractivity contribution in [1.82, 2.24) is 15.5 Å². The maximum absolute atomic E-state index is 11.8. The van der Waals surface area contributed by atoms with Gasteiger partial charge in [0.05, 0.1) is 12.8 Å². The Morgan fingerprint density at radius 3 is 2.56 bits per heavy atom. The van der Waals surface area contributed by atoms with Gasteiger partial charge in [-0.2, -0.15) is 0 Å². The lowest BCUT2D eigenvalue weighted by atomic mass is 10.0. The largest absolute Gasteiger partial charge is 0.371 e. The van der Waals surface area contributed by atoms with Crippen LogP contribution in [0.3, 0.4) is 0 Å². The van der Waals surface area contributed by atoms with Gasteiger partial charge in [-0.25, -0.2) is 18.6 Å². The first-order valence-electron chi connectivity index (χ1n) is 8.48. The third-order valence-corrected chi connectivity index (χ3v) is 4.83. The Hall–Kier alpha value is -2.43. The molecule has 1 aliphatic rings. The van der Waals surface area contributed by atoms with Crippen molar-refractivity contribution in [3.63, 3.8) is 0 Å². The Labute approximate surface area is 158 Å². The summed E-state index contributed by atoms with van der Waals surface area (Å²) < 4.78 is 24.2. The van der Waals surface area contributed by atoms with E-state index in [0.717, 1.165) is 30.3 Å². The molecule has 0 spiro atoms. The molecule has 0 saturated carbocycles. The lowest BCUT2D eigenvalue weighted by Gasteiger charge is -2.34. The Kier molecular flexibility index (Phi) is 7.34. The van der Waals surface area contributed by atoms with Crippen molar-refractivity contribution in [2.45, 2.75) is 18.9 Å². The summed E-state index contributed by atoms with van der Waals surface area (Å²) in [6.07, 6.45) is 5.33. The van der Waals surface area contributed by atoms with Crippen molar-refractivity contribution in [3.8, 4) is 0 Å². The minimum absolute atomic E-state index is 0.0158. The van der Waals surface area contributed by atoms with Gasteiger partial charge in [0.1, 0.15) is 0 Å². The number of nitrogens with zero attached hydrogens (tertiary/aromatic N) is 1. The zero-order chi connectivity index (χ0) is 19.9. The molecule has 0 aliphatic carbocycles. The summed E-state index contributed by atoms with van der Waals surface area (Å²) in [5, 5.41) is 11.4. The predicted molar refractivity (Wildman–Crippen MR) is 102 cm³/mol. The van der Waals surface area contributed by atoms with E-state index >= 15 is 0 Å². The van der Waals surface area contributed by atoms with E-state index in [1.165, 1.54) is 6.08 Å². The van der Waals surface area contributed by atoms with E-state index in [0.29, 0.717) is 13.1 Å². The van der Waals surface area contributed by atoms with Crippen LogP contribution in [0.4, 0.5) is 5.69 Å². The average Bonchev–Trinajstić information content (AvgIpc) is 2.65. The number of para-hydroxylation sites is 1. The number of hydrogen-bond acceptors (Lipinski definition) is 6. The zero-order valence-electron chi connectivity index (χ0n) is 15.0. The number of carbonyl (C=O) groups excluding carboxylic acids is 2. The Bertz CT molecular complexity index is 801. The SMILES string of the molecule is CS(=O)(=O)NCC(=O)NC1CCN(c2ccccc2/C=C/C(=O)NO)CC1. The number of rotatable bonds is 7. The number of nitrogens with one attached hydrogen (secondary N) is 3. The maximum Gasteiger partial charge on any atom is 0.267 e. The Morgan fingerprint density at radius 2 is 1.93 bits per heavy atom. The van der Waals surface area contributed by atoms with E-state index in [9.17, 15) is 18.0 Å². The smallest absolute Gasteiger partial charge is 0.267 e. The van der Waals surface area contributed by atoms with Crippen LogP contribution < -0.4 is 20.4 Å². The zero-order valence-corrected chi connectivity index (χ0v) is 15.8. The molecule has 1 aliphatic heterocycles. The minimum Gasteiger partial charge on any atom is -0.371 e. The summed E-state index contributed by atoms with van der Waals surface area (Å²) >= 11 is 0. The molecule has 1 heterocycles. The van der Waals surface area contributed by atoms with Gasteiger partial charge >= 0.3 is 0 Å². The van der Waals surface area contributed by atoms with Gasteiger partial charge in [-0.3, -0.25) is 14.8 Å². The van der Waals surface area contributed by atoms with Gasteiger partial charge in [0, 0.05) is 30.9 Å². The molecular weight excluding hydrogens is 372 g/mol. The molecule has 2 rings (SSSR count). The van der Waals surface area contributed by atoms with Crippen LogP contribution >= 0.6 is 0 Å². The van der Waals surface area contributed by atoms with Gasteiger partial charge in [-0.1, -0.05) is 18.2 Å². The standard InChI is InChI=1S/C17H24N4O5S/c1-27(25,26)18-12-17(23)19-14-8-10-21(11-9-14)15-5-3-2-4-13(15)6-7-16(22)20-24/h2-7,14,18,24H,8-12H2,1H3,(H,19,23)(H,20,22)/b7-6+. The second kappa shape index (κ2) is 9.49. The monoisotopic (exact) mass is 396 g/mol. The van der Waals surface area contributed by atoms with E-state index < -0.39 is 15.9 Å². The average molecular weight is 396 g/mol. The van der Waals surface area contributed by atoms with Crippen molar-refractivity contribution in [3.05, 3.63) is 35.9 Å². The van der Waals surface area contributed by atoms with Gasteiger partial charge in [0.2, 0.25) is 15.9 Å². The van der Waals surface area contributed by atoms with Crippen molar-refractivity contribution < 1.29 is 23.2 Å². The van der Waals surface area contributed by atoms with Crippen molar-refractivity contribution >= 4 is 33.6 Å². The highest BCUT2D eigenvalue weighted by Crippen LogP contribution is 2.25. The van der Waals surface area contributed by atoms with E-state index in [1.807, 2.05) is 24.3 Å². The minimum atomic E-state index is -3.39. The predicted octanol–water partition coefficient (Wildman–Crippen LogP) is -0.161. The van der Waals surface area contributed by atoms with Gasteiger partial charge in [0.25, 0.3) is 5.91 Å². The van der Waals surface area contributed by atoms with E-state index in [-0.39, 0.29) is 18.5 Å². The van der Waals surface area contributed by atoms with Crippen LogP contribution in [0.15, 0.2) is 30.3 Å². The normalized spacial score (nSPS) is 15.7. The molecule has 4 N–H and O–H groups in total. The fourth-order valence-corrected chi connectivity index (χ4v) is 3.25. The molecule has 1 aromatic carbocycles. The number of benzene rings is 1. The molecule has 2 amide bonds. The lowest BCUT2D eigenvalue weighted by Crippen LogP contribution is -2.47. The first-order chi connectivity index (χ1) is 12.8. The second-order valence-electron chi connectivity index (χ2n) is 6.29. The molecule has 0 atom stereocenters. The van der Waals surface area contributed by atoms with Crippen molar-refractivity contribution in [1.29, 1.82) is 0 Å². The fourth-order valence-electron chi connectivity index (χ4n) is 2.86. The summed E-state index contributed by atoms with van der Waals surface area (Å²) in [6.45, 7) is 1.16. The molecule has 148 valence electrons. The topological polar surface area (TPSA) is 128 Å². The number of anilines is 1. The highest BCUT2D eigenvalue weighted by Gasteiger charge is 2.22. The second-order valence-corrected chi connectivity index (χ2v) is 8.12. The Morgan fingerprint density at radius 1 is 1.26 bits per heavy atom. The molecule has 1 saturated heterocycles. The van der Waals surface area contributed by atoms with Gasteiger partial charge in [-0.05, 0) is 30.5 Å². The fraction of sp³-hybridized carbons (Fsp3) is 0.412. The van der Waals surface area contributed by atoms with Crippen molar-refractivity contribution in [2.24, 2.45) is 0 Å². The van der Waals surface area contributed by atoms with Crippen molar-refractivity contribution in [2.75, 3.05) is 30.8 Å². The van der Waals surface area contributed by atoms with Crippen LogP contribution in [0.5, 0.6) is 0 Å². The van der Waals surface area contributed by atoms with Gasteiger partial charge in [0.15, 0.2) is 0 Å². The van der Waals surface area contributed by atoms with E-state index in [1.54, 1.807) is 11.6 Å². The van der Waals surface area contributed by atoms with Crippen LogP contribution in [0.2, 0.25) is 0 Å². The molecule has 1 fully saturated rings. The lowest BCUT2D eigenvalue weighted by molar-refractivity contribution is -0.124. The molecule has 27 heavy (non-hydrogen) atoms. The number of hydroxylamine groups is 1. The molecule has 10 heteroatoms. The third kappa shape index (κ3) is 7.00. The van der Waals surface area contributed by atoms with Crippen LogP contribution in [0.1, 0.15) is 18.4 Å². The maximum atomic E-state index is 11.8. The van der Waals surface area contributed by atoms with E-state index in [4.69, 9.17) is 5.21 Å². The van der Waals surface area contributed by atoms with Crippen LogP contribution in [-0.4, -0.2) is 57.4 Å². The number of piperidine rings is 1. The summed E-state index contributed by atoms with van der Waals surface area (Å²) in [5.74, 6) is -0.953. The highest BCUT2D eigenvalue weighted by molar-refractivity contribution is 7.88. The summed E-state index contributed by atoms with van der Waals surface area (Å²) in [5.41, 5.74) is 3.36. The summed E-state index contributed by atoms with van der Waals surface area (Å²) in [4.78, 5) is 25.2. The quantitative estimate of drug-likeness (QED) is 0.288. The number of sulfonamides is 1. The summed E-state index contributed by atoms with van der Waals surface area (Å²) in [6, 6.07) is 7.58. The molecule has 9 nitrogen and oxygen atoms in total. The molecule has 0 radical (unpaired) electrons. The van der Waals surface area contributed by atoms with Crippen LogP contribution in [0.25, 0.3) is 6.08 Å².